The van der Waals surface area contributed by atoms with Crippen LogP contribution in [0.2, 0.25) is 0 Å². The van der Waals surface area contributed by atoms with Gasteiger partial charge in [0.15, 0.2) is 6.61 Å². The Morgan fingerprint density at radius 2 is 1.78 bits per heavy atom. The summed E-state index contributed by atoms with van der Waals surface area (Å²) in [6.07, 6.45) is 0. The molecule has 0 aliphatic rings. The Balaban J connectivity index is 1.58. The van der Waals surface area contributed by atoms with Crippen LogP contribution in [0, 0.1) is 0 Å². The SMILES string of the molecule is CC(=O)Oc1ccc2nc(COc3ccc4ccccc4c3)oc(=O)c2c1. The average Bonchev–Trinajstić information content (AvgIpc) is 2.66. The molecule has 6 heteroatoms. The first kappa shape index (κ1) is 16.8. The van der Waals surface area contributed by atoms with Crippen LogP contribution in [0.1, 0.15) is 12.8 Å². The van der Waals surface area contributed by atoms with E-state index < -0.39 is 11.6 Å². The van der Waals surface area contributed by atoms with Crippen LogP contribution in [-0.4, -0.2) is 11.0 Å². The smallest absolute Gasteiger partial charge is 0.347 e. The molecule has 4 rings (SSSR count). The minimum absolute atomic E-state index is 0.0230. The summed E-state index contributed by atoms with van der Waals surface area (Å²) >= 11 is 0. The number of hydrogen-bond donors (Lipinski definition) is 0. The van der Waals surface area contributed by atoms with Crippen LogP contribution in [0.25, 0.3) is 21.7 Å². The number of fused-ring (bicyclic) bond motifs is 2. The van der Waals surface area contributed by atoms with Gasteiger partial charge in [-0.25, -0.2) is 9.78 Å². The highest BCUT2D eigenvalue weighted by Crippen LogP contribution is 2.22. The van der Waals surface area contributed by atoms with Crippen molar-refractivity contribution in [2.45, 2.75) is 13.5 Å². The molecule has 4 aromatic rings. The van der Waals surface area contributed by atoms with Crippen LogP contribution in [0.3, 0.4) is 0 Å². The summed E-state index contributed by atoms with van der Waals surface area (Å²) in [6.45, 7) is 1.31. The normalized spacial score (nSPS) is 10.9. The molecular weight excluding hydrogens is 346 g/mol. The lowest BCUT2D eigenvalue weighted by Crippen LogP contribution is -2.08. The maximum atomic E-state index is 12.2. The van der Waals surface area contributed by atoms with E-state index in [1.807, 2.05) is 42.5 Å². The van der Waals surface area contributed by atoms with Crippen molar-refractivity contribution in [3.63, 3.8) is 0 Å². The van der Waals surface area contributed by atoms with Gasteiger partial charge in [0.25, 0.3) is 0 Å². The van der Waals surface area contributed by atoms with Crippen molar-refractivity contribution < 1.29 is 18.7 Å². The van der Waals surface area contributed by atoms with Crippen LogP contribution in [0.15, 0.2) is 69.9 Å². The van der Waals surface area contributed by atoms with Crippen LogP contribution < -0.4 is 15.1 Å². The van der Waals surface area contributed by atoms with E-state index in [2.05, 4.69) is 4.98 Å². The van der Waals surface area contributed by atoms with Gasteiger partial charge < -0.3 is 13.9 Å². The van der Waals surface area contributed by atoms with Gasteiger partial charge in [-0.05, 0) is 41.1 Å². The van der Waals surface area contributed by atoms with E-state index in [0.717, 1.165) is 10.8 Å². The lowest BCUT2D eigenvalue weighted by Gasteiger charge is -2.07. The van der Waals surface area contributed by atoms with Crippen molar-refractivity contribution in [1.29, 1.82) is 0 Å². The molecule has 6 nitrogen and oxygen atoms in total. The van der Waals surface area contributed by atoms with Gasteiger partial charge in [0.05, 0.1) is 10.9 Å². The Hall–Kier alpha value is -3.67. The number of esters is 1. The van der Waals surface area contributed by atoms with Crippen molar-refractivity contribution >= 4 is 27.6 Å². The van der Waals surface area contributed by atoms with E-state index in [0.29, 0.717) is 11.3 Å². The summed E-state index contributed by atoms with van der Waals surface area (Å²) in [5.41, 5.74) is -0.120. The Kier molecular flexibility index (Phi) is 4.30. The van der Waals surface area contributed by atoms with E-state index in [4.69, 9.17) is 13.9 Å². The number of carbonyl (C=O) groups excluding carboxylic acids is 1. The molecule has 0 unspecified atom stereocenters. The molecule has 134 valence electrons. The third-order valence-corrected chi connectivity index (χ3v) is 3.99. The largest absolute Gasteiger partial charge is 0.484 e. The van der Waals surface area contributed by atoms with Gasteiger partial charge in [-0.2, -0.15) is 0 Å². The molecule has 1 heterocycles. The van der Waals surface area contributed by atoms with Gasteiger partial charge in [-0.15, -0.1) is 0 Å². The highest BCUT2D eigenvalue weighted by molar-refractivity contribution is 5.83. The van der Waals surface area contributed by atoms with Gasteiger partial charge in [0, 0.05) is 6.92 Å². The highest BCUT2D eigenvalue weighted by atomic mass is 16.5. The fourth-order valence-corrected chi connectivity index (χ4v) is 2.79. The first-order chi connectivity index (χ1) is 13.1. The molecule has 27 heavy (non-hydrogen) atoms. The average molecular weight is 361 g/mol. The number of benzene rings is 3. The predicted octanol–water partition coefficient (Wildman–Crippen LogP) is 3.85. The summed E-state index contributed by atoms with van der Waals surface area (Å²) in [6, 6.07) is 18.3. The summed E-state index contributed by atoms with van der Waals surface area (Å²) in [5.74, 6) is 0.626. The van der Waals surface area contributed by atoms with E-state index in [9.17, 15) is 9.59 Å². The molecule has 0 bridgehead atoms. The van der Waals surface area contributed by atoms with Crippen molar-refractivity contribution in [2.75, 3.05) is 0 Å². The lowest BCUT2D eigenvalue weighted by atomic mass is 10.1. The summed E-state index contributed by atoms with van der Waals surface area (Å²) < 4.78 is 15.9. The fraction of sp³-hybridized carbons (Fsp3) is 0.0952. The van der Waals surface area contributed by atoms with Crippen LogP contribution in [-0.2, 0) is 11.4 Å². The Morgan fingerprint density at radius 1 is 1.00 bits per heavy atom. The summed E-state index contributed by atoms with van der Waals surface area (Å²) in [4.78, 5) is 27.6. The molecule has 0 saturated carbocycles. The molecule has 0 saturated heterocycles. The Bertz CT molecular complexity index is 1210. The second kappa shape index (κ2) is 6.92. The van der Waals surface area contributed by atoms with Crippen molar-refractivity contribution in [3.8, 4) is 11.5 Å². The van der Waals surface area contributed by atoms with Crippen LogP contribution in [0.4, 0.5) is 0 Å². The Morgan fingerprint density at radius 3 is 2.59 bits per heavy atom. The van der Waals surface area contributed by atoms with E-state index in [-0.39, 0.29) is 23.6 Å². The molecule has 0 spiro atoms. The predicted molar refractivity (Wildman–Crippen MR) is 99.9 cm³/mol. The minimum Gasteiger partial charge on any atom is -0.484 e. The topological polar surface area (TPSA) is 78.6 Å². The second-order valence-corrected chi connectivity index (χ2v) is 5.97. The van der Waals surface area contributed by atoms with Gasteiger partial charge in [-0.1, -0.05) is 30.3 Å². The lowest BCUT2D eigenvalue weighted by molar-refractivity contribution is -0.131. The molecule has 0 atom stereocenters. The minimum atomic E-state index is -0.564. The molecule has 0 N–H and O–H groups in total. The summed E-state index contributed by atoms with van der Waals surface area (Å²) in [5, 5.41) is 2.41. The summed E-state index contributed by atoms with van der Waals surface area (Å²) in [7, 11) is 0. The van der Waals surface area contributed by atoms with Gasteiger partial charge in [0.1, 0.15) is 11.5 Å². The number of rotatable bonds is 4. The number of carbonyl (C=O) groups is 1. The highest BCUT2D eigenvalue weighted by Gasteiger charge is 2.10. The zero-order chi connectivity index (χ0) is 18.8. The van der Waals surface area contributed by atoms with Crippen molar-refractivity contribution in [1.82, 2.24) is 4.98 Å². The molecule has 0 fully saturated rings. The van der Waals surface area contributed by atoms with Gasteiger partial charge in [0.2, 0.25) is 5.89 Å². The van der Waals surface area contributed by atoms with Gasteiger partial charge >= 0.3 is 11.6 Å². The van der Waals surface area contributed by atoms with Crippen LogP contribution in [0.5, 0.6) is 11.5 Å². The monoisotopic (exact) mass is 361 g/mol. The zero-order valence-corrected chi connectivity index (χ0v) is 14.5. The molecule has 3 aromatic carbocycles. The van der Waals surface area contributed by atoms with E-state index in [1.165, 1.54) is 13.0 Å². The second-order valence-electron chi connectivity index (χ2n) is 5.97. The number of nitrogens with zero attached hydrogens (tertiary/aromatic N) is 1. The van der Waals surface area contributed by atoms with E-state index in [1.54, 1.807) is 12.1 Å². The standard InChI is InChI=1S/C21H15NO5/c1-13(23)26-17-8-9-19-18(11-17)21(24)27-20(22-19)12-25-16-7-6-14-4-2-3-5-15(14)10-16/h2-11H,12H2,1H3. The number of hydrogen-bond acceptors (Lipinski definition) is 6. The maximum absolute atomic E-state index is 12.2. The molecule has 0 radical (unpaired) electrons. The zero-order valence-electron chi connectivity index (χ0n) is 14.5. The fourth-order valence-electron chi connectivity index (χ4n) is 2.79. The number of ether oxygens (including phenoxy) is 2. The van der Waals surface area contributed by atoms with Crippen molar-refractivity contribution in [2.24, 2.45) is 0 Å². The molecule has 0 aliphatic carbocycles. The maximum Gasteiger partial charge on any atom is 0.347 e. The Labute approximate surface area is 154 Å². The van der Waals surface area contributed by atoms with Crippen molar-refractivity contribution in [3.05, 3.63) is 77.0 Å². The first-order valence-corrected chi connectivity index (χ1v) is 8.32. The quantitative estimate of drug-likeness (QED) is 0.406. The first-order valence-electron chi connectivity index (χ1n) is 8.32. The number of aromatic nitrogens is 1. The van der Waals surface area contributed by atoms with Crippen LogP contribution >= 0.6 is 0 Å². The van der Waals surface area contributed by atoms with Gasteiger partial charge in [-0.3, -0.25) is 4.79 Å². The van der Waals surface area contributed by atoms with E-state index >= 15 is 0 Å². The molecular formula is C21H15NO5. The molecule has 0 aliphatic heterocycles. The third-order valence-electron chi connectivity index (χ3n) is 3.99. The third kappa shape index (κ3) is 3.64. The molecule has 0 amide bonds. The molecule has 1 aromatic heterocycles.